The Balaban J connectivity index is 2.35. The van der Waals surface area contributed by atoms with Gasteiger partial charge in [-0.15, -0.1) is 0 Å². The molecule has 2 amide bonds. The molecule has 21 heavy (non-hydrogen) atoms. The van der Waals surface area contributed by atoms with Crippen LogP contribution in [0.2, 0.25) is 0 Å². The molecule has 0 saturated heterocycles. The van der Waals surface area contributed by atoms with Gasteiger partial charge in [-0.3, -0.25) is 9.59 Å². The third-order valence-corrected chi connectivity index (χ3v) is 3.05. The highest BCUT2D eigenvalue weighted by Gasteiger charge is 2.10. The maximum atomic E-state index is 11.6. The summed E-state index contributed by atoms with van der Waals surface area (Å²) in [6.45, 7) is 3.49. The van der Waals surface area contributed by atoms with Crippen LogP contribution >= 0.6 is 0 Å². The average molecular weight is 292 g/mol. The third-order valence-electron chi connectivity index (χ3n) is 3.05. The summed E-state index contributed by atoms with van der Waals surface area (Å²) in [5.41, 5.74) is 1.07. The number of urea groups is 1. The molecule has 0 aliphatic rings. The summed E-state index contributed by atoms with van der Waals surface area (Å²) in [4.78, 5) is 33.5. The lowest BCUT2D eigenvalue weighted by molar-refractivity contribution is -0.141. The lowest BCUT2D eigenvalue weighted by Gasteiger charge is -2.09. The third kappa shape index (κ3) is 6.07. The van der Waals surface area contributed by atoms with E-state index in [1.165, 1.54) is 6.92 Å². The number of ketones is 1. The molecule has 6 heteroatoms. The van der Waals surface area contributed by atoms with Crippen molar-refractivity contribution in [2.75, 3.05) is 11.9 Å². The maximum Gasteiger partial charge on any atom is 0.319 e. The zero-order valence-electron chi connectivity index (χ0n) is 12.2. The first-order valence-corrected chi connectivity index (χ1v) is 6.79. The van der Waals surface area contributed by atoms with Gasteiger partial charge in [0.05, 0.1) is 5.92 Å². The largest absolute Gasteiger partial charge is 0.481 e. The van der Waals surface area contributed by atoms with Gasteiger partial charge < -0.3 is 15.7 Å². The second kappa shape index (κ2) is 8.04. The van der Waals surface area contributed by atoms with Crippen LogP contribution in [0.4, 0.5) is 10.5 Å². The quantitative estimate of drug-likeness (QED) is 0.531. The van der Waals surface area contributed by atoms with E-state index in [0.717, 1.165) is 0 Å². The fourth-order valence-corrected chi connectivity index (χ4v) is 1.72. The van der Waals surface area contributed by atoms with E-state index in [0.29, 0.717) is 30.6 Å². The molecular weight excluding hydrogens is 272 g/mol. The maximum absolute atomic E-state index is 11.6. The van der Waals surface area contributed by atoms with Crippen molar-refractivity contribution in [1.29, 1.82) is 0 Å². The van der Waals surface area contributed by atoms with Gasteiger partial charge in [0.15, 0.2) is 5.78 Å². The molecule has 114 valence electrons. The summed E-state index contributed by atoms with van der Waals surface area (Å²) in [5.74, 6) is -1.32. The van der Waals surface area contributed by atoms with Crippen LogP contribution in [0, 0.1) is 5.92 Å². The predicted octanol–water partition coefficient (Wildman–Crippen LogP) is 2.51. The predicted molar refractivity (Wildman–Crippen MR) is 79.5 cm³/mol. The molecule has 1 atom stereocenters. The highest BCUT2D eigenvalue weighted by Crippen LogP contribution is 2.11. The molecule has 3 N–H and O–H groups in total. The monoisotopic (exact) mass is 292 g/mol. The second-order valence-corrected chi connectivity index (χ2v) is 4.90. The number of hydrogen-bond acceptors (Lipinski definition) is 3. The lowest BCUT2D eigenvalue weighted by atomic mass is 10.1. The first-order valence-electron chi connectivity index (χ1n) is 6.79. The Hall–Kier alpha value is -2.37. The fourth-order valence-electron chi connectivity index (χ4n) is 1.72. The number of carboxylic acids is 1. The molecule has 1 aromatic rings. The molecule has 1 aromatic carbocycles. The second-order valence-electron chi connectivity index (χ2n) is 4.90. The fraction of sp³-hybridized carbons (Fsp3) is 0.400. The van der Waals surface area contributed by atoms with Crippen LogP contribution in [0.25, 0.3) is 0 Å². The van der Waals surface area contributed by atoms with Gasteiger partial charge in [-0.05, 0) is 31.9 Å². The van der Waals surface area contributed by atoms with E-state index in [2.05, 4.69) is 10.6 Å². The summed E-state index contributed by atoms with van der Waals surface area (Å²) in [6, 6.07) is 6.30. The Labute approximate surface area is 123 Å². The van der Waals surface area contributed by atoms with Crippen molar-refractivity contribution in [1.82, 2.24) is 5.32 Å². The van der Waals surface area contributed by atoms with E-state index in [-0.39, 0.29) is 11.8 Å². The van der Waals surface area contributed by atoms with Crippen molar-refractivity contribution in [2.24, 2.45) is 5.92 Å². The number of Topliss-reactive ketones (excluding diaryl/α,β-unsaturated/α-hetero) is 1. The number of carboxylic acid groups (broad SMARTS) is 1. The minimum absolute atomic E-state index is 0.0679. The van der Waals surface area contributed by atoms with Gasteiger partial charge in [0, 0.05) is 17.8 Å². The molecule has 0 bridgehead atoms. The molecule has 0 spiro atoms. The van der Waals surface area contributed by atoms with E-state index in [9.17, 15) is 14.4 Å². The minimum atomic E-state index is -0.833. The van der Waals surface area contributed by atoms with Crippen molar-refractivity contribution in [3.8, 4) is 0 Å². The number of amides is 2. The SMILES string of the molecule is CC(=O)c1cccc(NC(=O)NCCCC(C)C(=O)O)c1. The van der Waals surface area contributed by atoms with E-state index >= 15 is 0 Å². The number of rotatable bonds is 7. The van der Waals surface area contributed by atoms with Gasteiger partial charge >= 0.3 is 12.0 Å². The normalized spacial score (nSPS) is 11.5. The Kier molecular flexibility index (Phi) is 6.39. The van der Waals surface area contributed by atoms with Gasteiger partial charge in [0.1, 0.15) is 0 Å². The van der Waals surface area contributed by atoms with Crippen molar-refractivity contribution in [2.45, 2.75) is 26.7 Å². The van der Waals surface area contributed by atoms with Gasteiger partial charge in [-0.1, -0.05) is 19.1 Å². The van der Waals surface area contributed by atoms with Gasteiger partial charge in [-0.25, -0.2) is 4.79 Å². The van der Waals surface area contributed by atoms with E-state index in [1.54, 1.807) is 31.2 Å². The molecule has 0 radical (unpaired) electrons. The Bertz CT molecular complexity index is 528. The zero-order valence-corrected chi connectivity index (χ0v) is 12.2. The van der Waals surface area contributed by atoms with E-state index in [4.69, 9.17) is 5.11 Å². The van der Waals surface area contributed by atoms with Gasteiger partial charge in [0.25, 0.3) is 0 Å². The Morgan fingerprint density at radius 2 is 2.00 bits per heavy atom. The van der Waals surface area contributed by atoms with E-state index < -0.39 is 11.9 Å². The van der Waals surface area contributed by atoms with E-state index in [1.807, 2.05) is 0 Å². The number of aliphatic carboxylic acids is 1. The number of anilines is 1. The summed E-state index contributed by atoms with van der Waals surface area (Å²) in [6.07, 6.45) is 1.10. The molecular formula is C15H20N2O4. The molecule has 6 nitrogen and oxygen atoms in total. The van der Waals surface area contributed by atoms with Crippen LogP contribution < -0.4 is 10.6 Å². The number of carbonyl (C=O) groups excluding carboxylic acids is 2. The molecule has 0 aromatic heterocycles. The summed E-state index contributed by atoms with van der Waals surface area (Å²) < 4.78 is 0. The number of hydrogen-bond donors (Lipinski definition) is 3. The summed E-state index contributed by atoms with van der Waals surface area (Å²) >= 11 is 0. The number of carbonyl (C=O) groups is 3. The molecule has 0 fully saturated rings. The van der Waals surface area contributed by atoms with Crippen molar-refractivity contribution in [3.05, 3.63) is 29.8 Å². The van der Waals surface area contributed by atoms with Crippen LogP contribution in [-0.2, 0) is 4.79 Å². The Morgan fingerprint density at radius 3 is 2.62 bits per heavy atom. The molecule has 0 aliphatic carbocycles. The van der Waals surface area contributed by atoms with Crippen LogP contribution in [-0.4, -0.2) is 29.4 Å². The Morgan fingerprint density at radius 1 is 1.29 bits per heavy atom. The molecule has 0 aliphatic heterocycles. The van der Waals surface area contributed by atoms with Crippen LogP contribution in [0.5, 0.6) is 0 Å². The summed E-state index contributed by atoms with van der Waals surface area (Å²) in [7, 11) is 0. The first-order chi connectivity index (χ1) is 9.90. The lowest BCUT2D eigenvalue weighted by Crippen LogP contribution is -2.30. The number of benzene rings is 1. The first kappa shape index (κ1) is 16.7. The standard InChI is InChI=1S/C15H20N2O4/c1-10(14(19)20)5-4-8-16-15(21)17-13-7-3-6-12(9-13)11(2)18/h3,6-7,9-10H,4-5,8H2,1-2H3,(H,19,20)(H2,16,17,21). The minimum Gasteiger partial charge on any atom is -0.481 e. The zero-order chi connectivity index (χ0) is 15.8. The molecule has 0 heterocycles. The van der Waals surface area contributed by atoms with Crippen LogP contribution in [0.3, 0.4) is 0 Å². The molecule has 1 unspecified atom stereocenters. The van der Waals surface area contributed by atoms with Gasteiger partial charge in [0.2, 0.25) is 0 Å². The smallest absolute Gasteiger partial charge is 0.319 e. The number of nitrogens with one attached hydrogen (secondary N) is 2. The highest BCUT2D eigenvalue weighted by molar-refractivity contribution is 5.96. The molecule has 0 saturated carbocycles. The summed E-state index contributed by atoms with van der Waals surface area (Å²) in [5, 5.41) is 14.0. The van der Waals surface area contributed by atoms with Crippen molar-refractivity contribution >= 4 is 23.5 Å². The topological polar surface area (TPSA) is 95.5 Å². The van der Waals surface area contributed by atoms with Gasteiger partial charge in [-0.2, -0.15) is 0 Å². The van der Waals surface area contributed by atoms with Crippen LogP contribution in [0.1, 0.15) is 37.0 Å². The van der Waals surface area contributed by atoms with Crippen molar-refractivity contribution in [3.63, 3.8) is 0 Å². The molecule has 1 rings (SSSR count). The van der Waals surface area contributed by atoms with Crippen LogP contribution in [0.15, 0.2) is 24.3 Å². The average Bonchev–Trinajstić information content (AvgIpc) is 2.43. The van der Waals surface area contributed by atoms with Crippen molar-refractivity contribution < 1.29 is 19.5 Å². The highest BCUT2D eigenvalue weighted by atomic mass is 16.4.